The van der Waals surface area contributed by atoms with Crippen molar-refractivity contribution in [2.24, 2.45) is 0 Å². The van der Waals surface area contributed by atoms with Crippen LogP contribution in [0.5, 0.6) is 0 Å². The molecule has 2 N–H and O–H groups in total. The molecule has 0 aliphatic rings. The molecule has 3 nitrogen and oxygen atoms in total. The van der Waals surface area contributed by atoms with E-state index in [1.807, 2.05) is 47.8 Å². The van der Waals surface area contributed by atoms with Gasteiger partial charge >= 0.3 is 0 Å². The molecule has 0 radical (unpaired) electrons. The molecule has 3 aromatic rings. The molecule has 5 heteroatoms. The van der Waals surface area contributed by atoms with Crippen LogP contribution in [0.3, 0.4) is 0 Å². The van der Waals surface area contributed by atoms with Crippen LogP contribution in [0.1, 0.15) is 0 Å². The molecule has 18 heavy (non-hydrogen) atoms. The minimum Gasteiger partial charge on any atom is -0.384 e. The average molecular weight is 276 g/mol. The normalized spacial score (nSPS) is 10.7. The van der Waals surface area contributed by atoms with Gasteiger partial charge in [-0.15, -0.1) is 11.3 Å². The van der Waals surface area contributed by atoms with Crippen molar-refractivity contribution in [3.05, 3.63) is 52.9 Å². The topological polar surface area (TPSA) is 43.8 Å². The summed E-state index contributed by atoms with van der Waals surface area (Å²) in [5.74, 6) is 0.575. The lowest BCUT2D eigenvalue weighted by Gasteiger charge is -2.05. The van der Waals surface area contributed by atoms with Crippen LogP contribution in [-0.2, 0) is 0 Å². The minimum absolute atomic E-state index is 0.575. The lowest BCUT2D eigenvalue weighted by atomic mass is 10.3. The van der Waals surface area contributed by atoms with Crippen molar-refractivity contribution >= 4 is 28.8 Å². The summed E-state index contributed by atoms with van der Waals surface area (Å²) in [4.78, 5) is 1.09. The van der Waals surface area contributed by atoms with Crippen LogP contribution in [-0.4, -0.2) is 9.78 Å². The van der Waals surface area contributed by atoms with E-state index in [0.717, 1.165) is 16.3 Å². The van der Waals surface area contributed by atoms with Crippen LogP contribution >= 0.6 is 22.9 Å². The first-order valence-electron chi connectivity index (χ1n) is 5.40. The molecular formula is C13H10ClN3S. The Labute approximate surface area is 113 Å². The number of para-hydroxylation sites is 1. The predicted molar refractivity (Wildman–Crippen MR) is 76.3 cm³/mol. The van der Waals surface area contributed by atoms with Gasteiger partial charge in [-0.1, -0.05) is 29.8 Å². The fraction of sp³-hybridized carbons (Fsp3) is 0. The standard InChI is InChI=1S/C13H10ClN3S/c14-9-4-1-2-5-11(9)17-13(15)8-10(16-17)12-6-3-7-18-12/h1-8H,15H2. The van der Waals surface area contributed by atoms with Crippen LogP contribution in [0.15, 0.2) is 47.8 Å². The fourth-order valence-electron chi connectivity index (χ4n) is 1.76. The Morgan fingerprint density at radius 2 is 2.00 bits per heavy atom. The maximum Gasteiger partial charge on any atom is 0.127 e. The summed E-state index contributed by atoms with van der Waals surface area (Å²) < 4.78 is 1.66. The van der Waals surface area contributed by atoms with E-state index < -0.39 is 0 Å². The van der Waals surface area contributed by atoms with Crippen LogP contribution in [0.2, 0.25) is 5.02 Å². The molecular weight excluding hydrogens is 266 g/mol. The first-order chi connectivity index (χ1) is 8.75. The van der Waals surface area contributed by atoms with Crippen LogP contribution in [0, 0.1) is 0 Å². The van der Waals surface area contributed by atoms with Gasteiger partial charge in [-0.2, -0.15) is 5.10 Å². The smallest absolute Gasteiger partial charge is 0.127 e. The van der Waals surface area contributed by atoms with Gasteiger partial charge < -0.3 is 5.73 Å². The van der Waals surface area contributed by atoms with Crippen molar-refractivity contribution in [2.45, 2.75) is 0 Å². The summed E-state index contributed by atoms with van der Waals surface area (Å²) in [5.41, 5.74) is 7.65. The van der Waals surface area contributed by atoms with Gasteiger partial charge in [0.2, 0.25) is 0 Å². The Morgan fingerprint density at radius 3 is 2.72 bits per heavy atom. The highest BCUT2D eigenvalue weighted by atomic mass is 35.5. The van der Waals surface area contributed by atoms with Crippen LogP contribution < -0.4 is 5.73 Å². The van der Waals surface area contributed by atoms with Gasteiger partial charge in [-0.25, -0.2) is 4.68 Å². The zero-order valence-electron chi connectivity index (χ0n) is 9.38. The van der Waals surface area contributed by atoms with E-state index in [-0.39, 0.29) is 0 Å². The first kappa shape index (κ1) is 11.3. The Morgan fingerprint density at radius 1 is 1.17 bits per heavy atom. The second-order valence-electron chi connectivity index (χ2n) is 3.79. The van der Waals surface area contributed by atoms with Crippen LogP contribution in [0.25, 0.3) is 16.3 Å². The van der Waals surface area contributed by atoms with Gasteiger partial charge in [0, 0.05) is 6.07 Å². The van der Waals surface area contributed by atoms with E-state index in [4.69, 9.17) is 17.3 Å². The third-order valence-corrected chi connectivity index (χ3v) is 3.80. The molecule has 0 unspecified atom stereocenters. The number of benzene rings is 1. The van der Waals surface area contributed by atoms with Gasteiger partial charge in [-0.3, -0.25) is 0 Å². The highest BCUT2D eigenvalue weighted by Crippen LogP contribution is 2.28. The van der Waals surface area contributed by atoms with Crippen molar-refractivity contribution < 1.29 is 0 Å². The predicted octanol–water partition coefficient (Wildman–Crippen LogP) is 3.84. The molecule has 0 saturated carbocycles. The summed E-state index contributed by atoms with van der Waals surface area (Å²) in [6, 6.07) is 13.4. The number of anilines is 1. The number of aromatic nitrogens is 2. The highest BCUT2D eigenvalue weighted by molar-refractivity contribution is 7.13. The highest BCUT2D eigenvalue weighted by Gasteiger charge is 2.11. The number of hydrogen-bond donors (Lipinski definition) is 1. The molecule has 0 bridgehead atoms. The fourth-order valence-corrected chi connectivity index (χ4v) is 2.65. The van der Waals surface area contributed by atoms with Gasteiger partial charge in [0.25, 0.3) is 0 Å². The number of thiophene rings is 1. The zero-order chi connectivity index (χ0) is 12.5. The Balaban J connectivity index is 2.12. The summed E-state index contributed by atoms with van der Waals surface area (Å²) in [7, 11) is 0. The lowest BCUT2D eigenvalue weighted by Crippen LogP contribution is -2.02. The maximum absolute atomic E-state index is 6.15. The van der Waals surface area contributed by atoms with E-state index in [1.165, 1.54) is 0 Å². The number of nitrogens with two attached hydrogens (primary N) is 1. The number of rotatable bonds is 2. The third-order valence-electron chi connectivity index (χ3n) is 2.59. The van der Waals surface area contributed by atoms with Crippen molar-refractivity contribution in [1.29, 1.82) is 0 Å². The average Bonchev–Trinajstić information content (AvgIpc) is 2.99. The largest absolute Gasteiger partial charge is 0.384 e. The SMILES string of the molecule is Nc1cc(-c2cccs2)nn1-c1ccccc1Cl. The Kier molecular flexibility index (Phi) is 2.81. The molecule has 0 aliphatic heterocycles. The number of hydrogen-bond acceptors (Lipinski definition) is 3. The number of halogens is 1. The summed E-state index contributed by atoms with van der Waals surface area (Å²) in [6.07, 6.45) is 0. The molecule has 3 rings (SSSR count). The van der Waals surface area contributed by atoms with Gasteiger partial charge in [-0.05, 0) is 23.6 Å². The van der Waals surface area contributed by atoms with E-state index in [1.54, 1.807) is 16.0 Å². The van der Waals surface area contributed by atoms with Gasteiger partial charge in [0.1, 0.15) is 11.5 Å². The van der Waals surface area contributed by atoms with Crippen molar-refractivity contribution in [3.8, 4) is 16.3 Å². The summed E-state index contributed by atoms with van der Waals surface area (Å²) >= 11 is 7.78. The molecule has 0 spiro atoms. The second-order valence-corrected chi connectivity index (χ2v) is 5.15. The van der Waals surface area contributed by atoms with E-state index in [2.05, 4.69) is 5.10 Å². The molecule has 90 valence electrons. The second kappa shape index (κ2) is 4.48. The summed E-state index contributed by atoms with van der Waals surface area (Å²) in [6.45, 7) is 0. The summed E-state index contributed by atoms with van der Waals surface area (Å²) in [5, 5.41) is 7.14. The third kappa shape index (κ3) is 1.89. The van der Waals surface area contributed by atoms with E-state index in [0.29, 0.717) is 10.8 Å². The van der Waals surface area contributed by atoms with Crippen LogP contribution in [0.4, 0.5) is 5.82 Å². The van der Waals surface area contributed by atoms with Crippen molar-refractivity contribution in [1.82, 2.24) is 9.78 Å². The molecule has 0 amide bonds. The molecule has 2 aromatic heterocycles. The molecule has 0 atom stereocenters. The van der Waals surface area contributed by atoms with Gasteiger partial charge in [0.15, 0.2) is 0 Å². The van der Waals surface area contributed by atoms with E-state index >= 15 is 0 Å². The van der Waals surface area contributed by atoms with Crippen molar-refractivity contribution in [3.63, 3.8) is 0 Å². The quantitative estimate of drug-likeness (QED) is 0.772. The Hall–Kier alpha value is -1.78. The van der Waals surface area contributed by atoms with Gasteiger partial charge in [0.05, 0.1) is 15.6 Å². The molecule has 2 heterocycles. The molecule has 0 saturated heterocycles. The van der Waals surface area contributed by atoms with Crippen molar-refractivity contribution in [2.75, 3.05) is 5.73 Å². The minimum atomic E-state index is 0.575. The zero-order valence-corrected chi connectivity index (χ0v) is 10.9. The molecule has 1 aromatic carbocycles. The monoisotopic (exact) mass is 275 g/mol. The molecule has 0 aliphatic carbocycles. The number of nitrogens with zero attached hydrogens (tertiary/aromatic N) is 2. The first-order valence-corrected chi connectivity index (χ1v) is 6.66. The number of nitrogen functional groups attached to an aromatic ring is 1. The lowest BCUT2D eigenvalue weighted by molar-refractivity contribution is 0.896. The maximum atomic E-state index is 6.15. The Bertz CT molecular complexity index is 673. The molecule has 0 fully saturated rings. The van der Waals surface area contributed by atoms with E-state index in [9.17, 15) is 0 Å².